The molecule has 2 rings (SSSR count). The maximum atomic E-state index is 13.3. The van der Waals surface area contributed by atoms with E-state index in [1.807, 2.05) is 12.1 Å². The van der Waals surface area contributed by atoms with Crippen LogP contribution in [0.5, 0.6) is 5.75 Å². The SMILES string of the molecule is CN=C(NCCc1ccc(F)c(OC)c1)NCc1ccco1.I. The van der Waals surface area contributed by atoms with Crippen molar-refractivity contribution in [2.75, 3.05) is 20.7 Å². The van der Waals surface area contributed by atoms with E-state index >= 15 is 0 Å². The van der Waals surface area contributed by atoms with Crippen LogP contribution < -0.4 is 15.4 Å². The van der Waals surface area contributed by atoms with Crippen LogP contribution in [0.2, 0.25) is 0 Å². The van der Waals surface area contributed by atoms with E-state index in [0.29, 0.717) is 19.0 Å². The third kappa shape index (κ3) is 6.09. The molecule has 2 aromatic rings. The Morgan fingerprint density at radius 3 is 2.78 bits per heavy atom. The molecular weight excluding hydrogens is 412 g/mol. The van der Waals surface area contributed by atoms with E-state index in [-0.39, 0.29) is 35.5 Å². The number of nitrogens with one attached hydrogen (secondary N) is 2. The van der Waals surface area contributed by atoms with Gasteiger partial charge in [0.2, 0.25) is 0 Å². The summed E-state index contributed by atoms with van der Waals surface area (Å²) in [5, 5.41) is 6.35. The molecule has 1 aromatic heterocycles. The van der Waals surface area contributed by atoms with Gasteiger partial charge >= 0.3 is 0 Å². The third-order valence-electron chi connectivity index (χ3n) is 3.16. The molecule has 0 bridgehead atoms. The Hall–Kier alpha value is -1.77. The largest absolute Gasteiger partial charge is 0.494 e. The van der Waals surface area contributed by atoms with Crippen molar-refractivity contribution < 1.29 is 13.5 Å². The van der Waals surface area contributed by atoms with Gasteiger partial charge in [0.15, 0.2) is 17.5 Å². The summed E-state index contributed by atoms with van der Waals surface area (Å²) in [6.45, 7) is 1.24. The molecule has 0 spiro atoms. The second kappa shape index (κ2) is 10.1. The maximum absolute atomic E-state index is 13.3. The van der Waals surface area contributed by atoms with Crippen molar-refractivity contribution in [1.82, 2.24) is 10.6 Å². The number of hydrogen-bond acceptors (Lipinski definition) is 3. The number of hydrogen-bond donors (Lipinski definition) is 2. The van der Waals surface area contributed by atoms with Gasteiger partial charge in [0, 0.05) is 13.6 Å². The molecule has 7 heteroatoms. The van der Waals surface area contributed by atoms with Crippen molar-refractivity contribution in [2.45, 2.75) is 13.0 Å². The number of benzene rings is 1. The van der Waals surface area contributed by atoms with E-state index < -0.39 is 0 Å². The van der Waals surface area contributed by atoms with E-state index in [2.05, 4.69) is 15.6 Å². The van der Waals surface area contributed by atoms with Gasteiger partial charge in [-0.05, 0) is 36.2 Å². The molecule has 0 saturated carbocycles. The van der Waals surface area contributed by atoms with Crippen LogP contribution in [0.25, 0.3) is 0 Å². The highest BCUT2D eigenvalue weighted by Crippen LogP contribution is 2.18. The Morgan fingerprint density at radius 2 is 2.13 bits per heavy atom. The fraction of sp³-hybridized carbons (Fsp3) is 0.312. The highest BCUT2D eigenvalue weighted by molar-refractivity contribution is 14.0. The van der Waals surface area contributed by atoms with Crippen molar-refractivity contribution in [2.24, 2.45) is 4.99 Å². The van der Waals surface area contributed by atoms with Crippen LogP contribution in [0, 0.1) is 5.82 Å². The minimum absolute atomic E-state index is 0. The predicted molar refractivity (Wildman–Crippen MR) is 99.0 cm³/mol. The molecule has 0 saturated heterocycles. The molecule has 2 N–H and O–H groups in total. The molecule has 126 valence electrons. The summed E-state index contributed by atoms with van der Waals surface area (Å²) in [5.74, 6) is 1.43. The van der Waals surface area contributed by atoms with Gasteiger partial charge in [-0.1, -0.05) is 6.07 Å². The number of guanidine groups is 1. The summed E-state index contributed by atoms with van der Waals surface area (Å²) in [7, 11) is 3.17. The zero-order valence-electron chi connectivity index (χ0n) is 13.1. The van der Waals surface area contributed by atoms with E-state index in [1.165, 1.54) is 13.2 Å². The third-order valence-corrected chi connectivity index (χ3v) is 3.16. The molecular formula is C16H21FIN3O2. The lowest BCUT2D eigenvalue weighted by atomic mass is 10.1. The molecule has 0 aliphatic heterocycles. The van der Waals surface area contributed by atoms with E-state index in [1.54, 1.807) is 25.4 Å². The number of halogens is 2. The van der Waals surface area contributed by atoms with Gasteiger partial charge in [-0.15, -0.1) is 24.0 Å². The number of ether oxygens (including phenoxy) is 1. The minimum atomic E-state index is -0.352. The van der Waals surface area contributed by atoms with Crippen LogP contribution in [0.15, 0.2) is 46.0 Å². The van der Waals surface area contributed by atoms with Crippen LogP contribution in [0.4, 0.5) is 4.39 Å². The molecule has 0 aliphatic rings. The van der Waals surface area contributed by atoms with Crippen LogP contribution >= 0.6 is 24.0 Å². The zero-order valence-corrected chi connectivity index (χ0v) is 15.5. The molecule has 1 heterocycles. The van der Waals surface area contributed by atoms with Crippen molar-refractivity contribution in [3.8, 4) is 5.75 Å². The van der Waals surface area contributed by atoms with Crippen molar-refractivity contribution >= 4 is 29.9 Å². The molecule has 0 fully saturated rings. The van der Waals surface area contributed by atoms with Gasteiger partial charge in [-0.25, -0.2) is 4.39 Å². The average molecular weight is 433 g/mol. The molecule has 23 heavy (non-hydrogen) atoms. The van der Waals surface area contributed by atoms with Crippen LogP contribution in [0.1, 0.15) is 11.3 Å². The number of aliphatic imine (C=N–C) groups is 1. The molecule has 0 atom stereocenters. The Balaban J connectivity index is 0.00000264. The average Bonchev–Trinajstić information content (AvgIpc) is 3.05. The first-order chi connectivity index (χ1) is 10.7. The lowest BCUT2D eigenvalue weighted by Crippen LogP contribution is -2.37. The first-order valence-electron chi connectivity index (χ1n) is 7.02. The number of nitrogens with zero attached hydrogens (tertiary/aromatic N) is 1. The molecule has 0 unspecified atom stereocenters. The normalized spacial score (nSPS) is 10.8. The summed E-state index contributed by atoms with van der Waals surface area (Å²) < 4.78 is 23.5. The van der Waals surface area contributed by atoms with Crippen LogP contribution in [-0.2, 0) is 13.0 Å². The summed E-state index contributed by atoms with van der Waals surface area (Å²) in [6, 6.07) is 8.60. The number of rotatable bonds is 6. The lowest BCUT2D eigenvalue weighted by Gasteiger charge is -2.11. The van der Waals surface area contributed by atoms with E-state index in [0.717, 1.165) is 17.7 Å². The van der Waals surface area contributed by atoms with Gasteiger partial charge in [0.25, 0.3) is 0 Å². The molecule has 1 aromatic carbocycles. The minimum Gasteiger partial charge on any atom is -0.494 e. The number of furan rings is 1. The topological polar surface area (TPSA) is 58.8 Å². The van der Waals surface area contributed by atoms with Gasteiger partial charge in [0.05, 0.1) is 19.9 Å². The Labute approximate surface area is 152 Å². The highest BCUT2D eigenvalue weighted by atomic mass is 127. The molecule has 0 amide bonds. The standard InChI is InChI=1S/C16H20FN3O2.HI/c1-18-16(20-11-13-4-3-9-22-13)19-8-7-12-5-6-14(17)15(10-12)21-2;/h3-6,9-10H,7-8,11H2,1-2H3,(H2,18,19,20);1H. The predicted octanol–water partition coefficient (Wildman–Crippen LogP) is 2.95. The Bertz CT molecular complexity index is 618. The first-order valence-corrected chi connectivity index (χ1v) is 7.02. The second-order valence-corrected chi connectivity index (χ2v) is 4.65. The molecule has 5 nitrogen and oxygen atoms in total. The van der Waals surface area contributed by atoms with Crippen LogP contribution in [0.3, 0.4) is 0 Å². The van der Waals surface area contributed by atoms with Gasteiger partial charge in [-0.3, -0.25) is 4.99 Å². The molecule has 0 radical (unpaired) electrons. The smallest absolute Gasteiger partial charge is 0.191 e. The summed E-state index contributed by atoms with van der Waals surface area (Å²) in [6.07, 6.45) is 2.37. The summed E-state index contributed by atoms with van der Waals surface area (Å²) >= 11 is 0. The Morgan fingerprint density at radius 1 is 1.30 bits per heavy atom. The van der Waals surface area contributed by atoms with Crippen molar-refractivity contribution in [1.29, 1.82) is 0 Å². The second-order valence-electron chi connectivity index (χ2n) is 4.65. The molecule has 0 aliphatic carbocycles. The van der Waals surface area contributed by atoms with E-state index in [4.69, 9.17) is 9.15 Å². The maximum Gasteiger partial charge on any atom is 0.191 e. The fourth-order valence-corrected chi connectivity index (χ4v) is 1.99. The lowest BCUT2D eigenvalue weighted by molar-refractivity contribution is 0.386. The Kier molecular flexibility index (Phi) is 8.46. The summed E-state index contributed by atoms with van der Waals surface area (Å²) in [4.78, 5) is 4.13. The zero-order chi connectivity index (χ0) is 15.8. The monoisotopic (exact) mass is 433 g/mol. The van der Waals surface area contributed by atoms with Crippen molar-refractivity contribution in [3.63, 3.8) is 0 Å². The van der Waals surface area contributed by atoms with Crippen molar-refractivity contribution in [3.05, 3.63) is 53.7 Å². The van der Waals surface area contributed by atoms with Gasteiger partial charge in [-0.2, -0.15) is 0 Å². The van der Waals surface area contributed by atoms with Gasteiger partial charge < -0.3 is 19.8 Å². The van der Waals surface area contributed by atoms with Crippen LogP contribution in [-0.4, -0.2) is 26.7 Å². The first kappa shape index (κ1) is 19.3. The number of methoxy groups -OCH3 is 1. The summed E-state index contributed by atoms with van der Waals surface area (Å²) in [5.41, 5.74) is 0.993. The van der Waals surface area contributed by atoms with Gasteiger partial charge in [0.1, 0.15) is 5.76 Å². The quantitative estimate of drug-likeness (QED) is 0.418. The van der Waals surface area contributed by atoms with E-state index in [9.17, 15) is 4.39 Å². The highest BCUT2D eigenvalue weighted by Gasteiger charge is 2.04. The fourth-order valence-electron chi connectivity index (χ4n) is 1.99.